The van der Waals surface area contributed by atoms with Crippen LogP contribution in [0, 0.1) is 9.49 Å². The SMILES string of the molecule is CC1CCN(c2ncc(I)cn2)CC1Cl. The first-order valence-electron chi connectivity index (χ1n) is 5.03. The molecule has 0 N–H and O–H groups in total. The molecule has 2 rings (SSSR count). The maximum Gasteiger partial charge on any atom is 0.225 e. The van der Waals surface area contributed by atoms with Gasteiger partial charge in [0.25, 0.3) is 0 Å². The van der Waals surface area contributed by atoms with Gasteiger partial charge in [-0.05, 0) is 34.9 Å². The van der Waals surface area contributed by atoms with Gasteiger partial charge in [0.05, 0.1) is 5.38 Å². The van der Waals surface area contributed by atoms with Gasteiger partial charge in [0.15, 0.2) is 0 Å². The second-order valence-corrected chi connectivity index (χ2v) is 5.74. The fourth-order valence-corrected chi connectivity index (χ4v) is 2.24. The van der Waals surface area contributed by atoms with Gasteiger partial charge in [-0.2, -0.15) is 0 Å². The van der Waals surface area contributed by atoms with Crippen molar-refractivity contribution in [3.8, 4) is 0 Å². The van der Waals surface area contributed by atoms with E-state index < -0.39 is 0 Å². The first-order chi connectivity index (χ1) is 7.16. The molecule has 1 fully saturated rings. The van der Waals surface area contributed by atoms with Gasteiger partial charge in [0.2, 0.25) is 5.95 Å². The second-order valence-electron chi connectivity index (χ2n) is 3.93. The lowest BCUT2D eigenvalue weighted by molar-refractivity contribution is 0.441. The summed E-state index contributed by atoms with van der Waals surface area (Å²) >= 11 is 8.45. The van der Waals surface area contributed by atoms with Crippen LogP contribution in [0.25, 0.3) is 0 Å². The molecule has 0 amide bonds. The zero-order valence-electron chi connectivity index (χ0n) is 8.53. The summed E-state index contributed by atoms with van der Waals surface area (Å²) in [4.78, 5) is 10.8. The van der Waals surface area contributed by atoms with Crippen LogP contribution in [0.1, 0.15) is 13.3 Å². The first-order valence-corrected chi connectivity index (χ1v) is 6.55. The van der Waals surface area contributed by atoms with Crippen molar-refractivity contribution < 1.29 is 0 Å². The van der Waals surface area contributed by atoms with E-state index in [9.17, 15) is 0 Å². The van der Waals surface area contributed by atoms with Crippen molar-refractivity contribution in [3.63, 3.8) is 0 Å². The van der Waals surface area contributed by atoms with E-state index in [1.807, 2.05) is 12.4 Å². The first kappa shape index (κ1) is 11.4. The minimum Gasteiger partial charge on any atom is -0.339 e. The van der Waals surface area contributed by atoms with E-state index in [2.05, 4.69) is 44.4 Å². The summed E-state index contributed by atoms with van der Waals surface area (Å²) in [6.07, 6.45) is 4.79. The highest BCUT2D eigenvalue weighted by Gasteiger charge is 2.25. The molecule has 0 saturated carbocycles. The highest BCUT2D eigenvalue weighted by Crippen LogP contribution is 2.24. The summed E-state index contributed by atoms with van der Waals surface area (Å²) in [5.74, 6) is 1.39. The molecule has 2 heterocycles. The number of piperidine rings is 1. The Bertz CT molecular complexity index is 330. The zero-order valence-corrected chi connectivity index (χ0v) is 11.4. The predicted octanol–water partition coefficient (Wildman–Crippen LogP) is 2.53. The third-order valence-electron chi connectivity index (χ3n) is 2.76. The van der Waals surface area contributed by atoms with Crippen LogP contribution in [0.4, 0.5) is 5.95 Å². The molecular formula is C10H13ClIN3. The lowest BCUT2D eigenvalue weighted by Gasteiger charge is -2.33. The van der Waals surface area contributed by atoms with Gasteiger partial charge in [-0.3, -0.25) is 0 Å². The molecular weight excluding hydrogens is 324 g/mol. The van der Waals surface area contributed by atoms with Crippen molar-refractivity contribution in [2.24, 2.45) is 5.92 Å². The molecule has 0 radical (unpaired) electrons. The second kappa shape index (κ2) is 4.82. The maximum atomic E-state index is 6.24. The van der Waals surface area contributed by atoms with Crippen molar-refractivity contribution in [2.75, 3.05) is 18.0 Å². The van der Waals surface area contributed by atoms with Crippen molar-refractivity contribution in [2.45, 2.75) is 18.7 Å². The van der Waals surface area contributed by atoms with Crippen molar-refractivity contribution in [3.05, 3.63) is 16.0 Å². The lowest BCUT2D eigenvalue weighted by atomic mass is 9.99. The molecule has 0 aliphatic carbocycles. The fraction of sp³-hybridized carbons (Fsp3) is 0.600. The summed E-state index contributed by atoms with van der Waals surface area (Å²) in [7, 11) is 0. The van der Waals surface area contributed by atoms with Crippen LogP contribution in [0.15, 0.2) is 12.4 Å². The minimum atomic E-state index is 0.210. The van der Waals surface area contributed by atoms with E-state index >= 15 is 0 Å². The minimum absolute atomic E-state index is 0.210. The monoisotopic (exact) mass is 337 g/mol. The van der Waals surface area contributed by atoms with E-state index in [1.54, 1.807) is 0 Å². The summed E-state index contributed by atoms with van der Waals surface area (Å²) in [5, 5.41) is 0.210. The molecule has 0 aromatic carbocycles. The third-order valence-corrected chi connectivity index (χ3v) is 3.88. The van der Waals surface area contributed by atoms with Crippen LogP contribution in [-0.4, -0.2) is 28.4 Å². The summed E-state index contributed by atoms with van der Waals surface area (Å²) in [6, 6.07) is 0. The quantitative estimate of drug-likeness (QED) is 0.582. The standard InChI is InChI=1S/C10H13ClIN3/c1-7-2-3-15(6-9(7)11)10-13-4-8(12)5-14-10/h4-5,7,9H,2-3,6H2,1H3. The Kier molecular flexibility index (Phi) is 3.66. The molecule has 3 nitrogen and oxygen atoms in total. The normalized spacial score (nSPS) is 26.7. The van der Waals surface area contributed by atoms with E-state index in [0.29, 0.717) is 5.92 Å². The molecule has 1 aliphatic heterocycles. The molecule has 5 heteroatoms. The van der Waals surface area contributed by atoms with Gasteiger partial charge in [-0.25, -0.2) is 9.97 Å². The lowest BCUT2D eigenvalue weighted by Crippen LogP contribution is -2.41. The Morgan fingerprint density at radius 3 is 2.73 bits per heavy atom. The van der Waals surface area contributed by atoms with E-state index in [-0.39, 0.29) is 5.38 Å². The molecule has 82 valence electrons. The smallest absolute Gasteiger partial charge is 0.225 e. The summed E-state index contributed by atoms with van der Waals surface area (Å²) < 4.78 is 1.06. The molecule has 0 spiro atoms. The van der Waals surface area contributed by atoms with Gasteiger partial charge < -0.3 is 4.90 Å². The van der Waals surface area contributed by atoms with Crippen LogP contribution in [-0.2, 0) is 0 Å². The van der Waals surface area contributed by atoms with Gasteiger partial charge >= 0.3 is 0 Å². The highest BCUT2D eigenvalue weighted by molar-refractivity contribution is 14.1. The molecule has 15 heavy (non-hydrogen) atoms. The van der Waals surface area contributed by atoms with Gasteiger partial charge in [-0.15, -0.1) is 11.6 Å². The van der Waals surface area contributed by atoms with E-state index in [1.165, 1.54) is 0 Å². The molecule has 1 aromatic heterocycles. The van der Waals surface area contributed by atoms with Crippen molar-refractivity contribution in [1.29, 1.82) is 0 Å². The average Bonchev–Trinajstić information content (AvgIpc) is 2.23. The molecule has 1 aliphatic rings. The highest BCUT2D eigenvalue weighted by atomic mass is 127. The number of hydrogen-bond acceptors (Lipinski definition) is 3. The Balaban J connectivity index is 2.08. The number of nitrogens with zero attached hydrogens (tertiary/aromatic N) is 3. The van der Waals surface area contributed by atoms with Crippen molar-refractivity contribution >= 4 is 40.1 Å². The number of rotatable bonds is 1. The maximum absolute atomic E-state index is 6.24. The van der Waals surface area contributed by atoms with Crippen LogP contribution < -0.4 is 4.90 Å². The zero-order chi connectivity index (χ0) is 10.8. The van der Waals surface area contributed by atoms with Crippen LogP contribution >= 0.6 is 34.2 Å². The Hall–Kier alpha value is -0.100. The van der Waals surface area contributed by atoms with Gasteiger partial charge in [0, 0.05) is 29.1 Å². The number of halogens is 2. The topological polar surface area (TPSA) is 29.0 Å². The summed E-state index contributed by atoms with van der Waals surface area (Å²) in [5.41, 5.74) is 0. The Morgan fingerprint density at radius 1 is 1.47 bits per heavy atom. The molecule has 1 aromatic rings. The molecule has 2 unspecified atom stereocenters. The van der Waals surface area contributed by atoms with Gasteiger partial charge in [0.1, 0.15) is 0 Å². The van der Waals surface area contributed by atoms with Crippen LogP contribution in [0.3, 0.4) is 0 Å². The van der Waals surface area contributed by atoms with E-state index in [4.69, 9.17) is 11.6 Å². The fourth-order valence-electron chi connectivity index (χ4n) is 1.67. The number of anilines is 1. The number of alkyl halides is 1. The largest absolute Gasteiger partial charge is 0.339 e. The molecule has 0 bridgehead atoms. The number of aromatic nitrogens is 2. The van der Waals surface area contributed by atoms with Crippen molar-refractivity contribution in [1.82, 2.24) is 9.97 Å². The van der Waals surface area contributed by atoms with Crippen LogP contribution in [0.5, 0.6) is 0 Å². The Morgan fingerprint density at radius 2 is 2.13 bits per heavy atom. The number of hydrogen-bond donors (Lipinski definition) is 0. The average molecular weight is 338 g/mol. The molecule has 1 saturated heterocycles. The van der Waals surface area contributed by atoms with Gasteiger partial charge in [-0.1, -0.05) is 6.92 Å². The third kappa shape index (κ3) is 2.72. The Labute approximate surface area is 108 Å². The molecule has 2 atom stereocenters. The van der Waals surface area contributed by atoms with Crippen LogP contribution in [0.2, 0.25) is 0 Å². The van der Waals surface area contributed by atoms with E-state index in [0.717, 1.165) is 29.0 Å². The summed E-state index contributed by atoms with van der Waals surface area (Å²) in [6.45, 7) is 4.05. The predicted molar refractivity (Wildman–Crippen MR) is 70.4 cm³/mol.